The SMILES string of the molecule is CONCc1cccc(C2CCOCC2)c1. The molecule has 88 valence electrons. The van der Waals surface area contributed by atoms with Gasteiger partial charge in [0.15, 0.2) is 0 Å². The third kappa shape index (κ3) is 3.04. The summed E-state index contributed by atoms with van der Waals surface area (Å²) in [6, 6.07) is 8.72. The van der Waals surface area contributed by atoms with Crippen LogP contribution in [0.1, 0.15) is 29.9 Å². The van der Waals surface area contributed by atoms with Crippen LogP contribution >= 0.6 is 0 Å². The number of benzene rings is 1. The molecule has 0 unspecified atom stereocenters. The zero-order valence-corrected chi connectivity index (χ0v) is 9.74. The molecular weight excluding hydrogens is 202 g/mol. The van der Waals surface area contributed by atoms with Crippen LogP contribution in [0.5, 0.6) is 0 Å². The molecule has 0 amide bonds. The van der Waals surface area contributed by atoms with Crippen molar-refractivity contribution in [2.45, 2.75) is 25.3 Å². The van der Waals surface area contributed by atoms with Crippen LogP contribution in [-0.2, 0) is 16.1 Å². The molecule has 3 heteroatoms. The summed E-state index contributed by atoms with van der Waals surface area (Å²) < 4.78 is 5.38. The number of hydroxylamine groups is 1. The van der Waals surface area contributed by atoms with Gasteiger partial charge in [0.05, 0.1) is 7.11 Å². The van der Waals surface area contributed by atoms with Crippen molar-refractivity contribution in [1.29, 1.82) is 0 Å². The summed E-state index contributed by atoms with van der Waals surface area (Å²) in [5.41, 5.74) is 5.57. The second-order valence-corrected chi connectivity index (χ2v) is 4.16. The van der Waals surface area contributed by atoms with E-state index in [9.17, 15) is 0 Å². The summed E-state index contributed by atoms with van der Waals surface area (Å²) in [4.78, 5) is 4.86. The van der Waals surface area contributed by atoms with Crippen LogP contribution in [0, 0.1) is 0 Å². The molecule has 1 aromatic carbocycles. The van der Waals surface area contributed by atoms with Crippen molar-refractivity contribution in [3.8, 4) is 0 Å². The van der Waals surface area contributed by atoms with Crippen LogP contribution in [0.15, 0.2) is 24.3 Å². The molecule has 0 spiro atoms. The molecule has 0 bridgehead atoms. The topological polar surface area (TPSA) is 30.5 Å². The van der Waals surface area contributed by atoms with Crippen molar-refractivity contribution in [3.05, 3.63) is 35.4 Å². The molecule has 1 aliphatic rings. The molecule has 1 N–H and O–H groups in total. The molecule has 2 rings (SSSR count). The van der Waals surface area contributed by atoms with E-state index in [-0.39, 0.29) is 0 Å². The lowest BCUT2D eigenvalue weighted by Crippen LogP contribution is -2.15. The Morgan fingerprint density at radius 1 is 1.38 bits per heavy atom. The Labute approximate surface area is 96.7 Å². The lowest BCUT2D eigenvalue weighted by Gasteiger charge is -2.22. The van der Waals surface area contributed by atoms with Crippen molar-refractivity contribution in [3.63, 3.8) is 0 Å². The first-order chi connectivity index (χ1) is 7.90. The molecule has 0 aliphatic carbocycles. The lowest BCUT2D eigenvalue weighted by molar-refractivity contribution is 0.0845. The molecule has 0 aromatic heterocycles. The standard InChI is InChI=1S/C13H19NO2/c1-15-14-10-11-3-2-4-13(9-11)12-5-7-16-8-6-12/h2-4,9,12,14H,5-8,10H2,1H3. The van der Waals surface area contributed by atoms with Gasteiger partial charge in [0.25, 0.3) is 0 Å². The second kappa shape index (κ2) is 5.99. The zero-order valence-electron chi connectivity index (χ0n) is 9.74. The number of rotatable bonds is 4. The lowest BCUT2D eigenvalue weighted by atomic mass is 9.91. The molecule has 3 nitrogen and oxygen atoms in total. The third-order valence-electron chi connectivity index (χ3n) is 3.06. The minimum Gasteiger partial charge on any atom is -0.381 e. The molecule has 1 aromatic rings. The number of hydrogen-bond donors (Lipinski definition) is 1. The summed E-state index contributed by atoms with van der Waals surface area (Å²) in [6.07, 6.45) is 2.28. The Morgan fingerprint density at radius 2 is 2.19 bits per heavy atom. The maximum absolute atomic E-state index is 5.38. The molecule has 0 saturated carbocycles. The highest BCUT2D eigenvalue weighted by Gasteiger charge is 2.15. The van der Waals surface area contributed by atoms with Gasteiger partial charge >= 0.3 is 0 Å². The number of ether oxygens (including phenoxy) is 1. The van der Waals surface area contributed by atoms with Gasteiger partial charge in [-0.2, -0.15) is 5.48 Å². The van der Waals surface area contributed by atoms with Gasteiger partial charge in [-0.1, -0.05) is 24.3 Å². The van der Waals surface area contributed by atoms with Crippen molar-refractivity contribution >= 4 is 0 Å². The van der Waals surface area contributed by atoms with Gasteiger partial charge in [0.1, 0.15) is 0 Å². The normalized spacial score (nSPS) is 17.6. The Bertz CT molecular complexity index is 321. The average molecular weight is 221 g/mol. The predicted octanol–water partition coefficient (Wildman–Crippen LogP) is 2.23. The summed E-state index contributed by atoms with van der Waals surface area (Å²) in [7, 11) is 1.64. The summed E-state index contributed by atoms with van der Waals surface area (Å²) in [5, 5.41) is 0. The highest BCUT2D eigenvalue weighted by atomic mass is 16.6. The maximum Gasteiger partial charge on any atom is 0.0572 e. The van der Waals surface area contributed by atoms with Gasteiger partial charge < -0.3 is 9.57 Å². The fraction of sp³-hybridized carbons (Fsp3) is 0.538. The quantitative estimate of drug-likeness (QED) is 0.791. The summed E-state index contributed by atoms with van der Waals surface area (Å²) >= 11 is 0. The molecule has 0 atom stereocenters. The first-order valence-electron chi connectivity index (χ1n) is 5.82. The number of nitrogens with one attached hydrogen (secondary N) is 1. The van der Waals surface area contributed by atoms with Gasteiger partial charge in [-0.25, -0.2) is 0 Å². The van der Waals surface area contributed by atoms with Crippen molar-refractivity contribution in [1.82, 2.24) is 5.48 Å². The minimum absolute atomic E-state index is 0.663. The van der Waals surface area contributed by atoms with Crippen LogP contribution < -0.4 is 5.48 Å². The molecule has 0 radical (unpaired) electrons. The minimum atomic E-state index is 0.663. The van der Waals surface area contributed by atoms with Gasteiger partial charge in [-0.05, 0) is 29.9 Å². The van der Waals surface area contributed by atoms with Crippen LogP contribution in [-0.4, -0.2) is 20.3 Å². The van der Waals surface area contributed by atoms with E-state index >= 15 is 0 Å². The van der Waals surface area contributed by atoms with E-state index in [0.29, 0.717) is 5.92 Å². The van der Waals surface area contributed by atoms with Crippen LogP contribution in [0.2, 0.25) is 0 Å². The Balaban J connectivity index is 2.02. The molecule has 1 saturated heterocycles. The Kier molecular flexibility index (Phi) is 4.34. The average Bonchev–Trinajstić information content (AvgIpc) is 2.38. The van der Waals surface area contributed by atoms with Crippen molar-refractivity contribution in [2.24, 2.45) is 0 Å². The van der Waals surface area contributed by atoms with E-state index in [2.05, 4.69) is 29.7 Å². The number of hydrogen-bond acceptors (Lipinski definition) is 3. The Morgan fingerprint density at radius 3 is 2.94 bits per heavy atom. The van der Waals surface area contributed by atoms with Gasteiger partial charge in [-0.3, -0.25) is 0 Å². The third-order valence-corrected chi connectivity index (χ3v) is 3.06. The first-order valence-corrected chi connectivity index (χ1v) is 5.82. The van der Waals surface area contributed by atoms with E-state index < -0.39 is 0 Å². The summed E-state index contributed by atoms with van der Waals surface area (Å²) in [5.74, 6) is 0.663. The Hall–Kier alpha value is -0.900. The van der Waals surface area contributed by atoms with E-state index in [1.807, 2.05) is 0 Å². The van der Waals surface area contributed by atoms with Gasteiger partial charge in [0.2, 0.25) is 0 Å². The zero-order chi connectivity index (χ0) is 11.2. The summed E-state index contributed by atoms with van der Waals surface area (Å²) in [6.45, 7) is 2.55. The largest absolute Gasteiger partial charge is 0.381 e. The van der Waals surface area contributed by atoms with E-state index in [4.69, 9.17) is 9.57 Å². The maximum atomic E-state index is 5.38. The van der Waals surface area contributed by atoms with Crippen molar-refractivity contribution < 1.29 is 9.57 Å². The molecule has 1 fully saturated rings. The van der Waals surface area contributed by atoms with E-state index in [0.717, 1.165) is 32.6 Å². The van der Waals surface area contributed by atoms with Crippen LogP contribution in [0.3, 0.4) is 0 Å². The molecular formula is C13H19NO2. The van der Waals surface area contributed by atoms with E-state index in [1.165, 1.54) is 11.1 Å². The van der Waals surface area contributed by atoms with Crippen LogP contribution in [0.4, 0.5) is 0 Å². The monoisotopic (exact) mass is 221 g/mol. The fourth-order valence-electron chi connectivity index (χ4n) is 2.14. The highest BCUT2D eigenvalue weighted by Crippen LogP contribution is 2.27. The van der Waals surface area contributed by atoms with E-state index in [1.54, 1.807) is 7.11 Å². The highest BCUT2D eigenvalue weighted by molar-refractivity contribution is 5.26. The fourth-order valence-corrected chi connectivity index (χ4v) is 2.14. The van der Waals surface area contributed by atoms with Gasteiger partial charge in [0, 0.05) is 19.8 Å². The molecule has 1 heterocycles. The van der Waals surface area contributed by atoms with Crippen molar-refractivity contribution in [2.75, 3.05) is 20.3 Å². The van der Waals surface area contributed by atoms with Crippen LogP contribution in [0.25, 0.3) is 0 Å². The molecule has 16 heavy (non-hydrogen) atoms. The first kappa shape index (κ1) is 11.6. The molecule has 1 aliphatic heterocycles. The second-order valence-electron chi connectivity index (χ2n) is 4.16. The predicted molar refractivity (Wildman–Crippen MR) is 63.1 cm³/mol. The van der Waals surface area contributed by atoms with Gasteiger partial charge in [-0.15, -0.1) is 0 Å². The smallest absolute Gasteiger partial charge is 0.0572 e.